The molecule has 0 aliphatic heterocycles. The minimum atomic E-state index is -0.178. The predicted molar refractivity (Wildman–Crippen MR) is 170 cm³/mol. The largest absolute Gasteiger partial charge is 0.465 e. The molecule has 0 heterocycles. The third kappa shape index (κ3) is 31.8. The number of hydrogen-bond donors (Lipinski definition) is 1. The Labute approximate surface area is 251 Å². The number of aliphatic hydroxyl groups excluding tert-OH is 1. The molecule has 7 nitrogen and oxygen atoms in total. The van der Waals surface area contributed by atoms with E-state index >= 15 is 0 Å². The van der Waals surface area contributed by atoms with Gasteiger partial charge in [0.25, 0.3) is 0 Å². The second-order valence-electron chi connectivity index (χ2n) is 6.52. The fraction of sp³-hybridized carbons (Fsp3) is 0.905. The lowest BCUT2D eigenvalue weighted by Gasteiger charge is -2.06. The molecule has 0 amide bonds. The standard InChI is InChI=1S/C21H40O7S8/c1-2-3-6-27-28-8-12-32-18-36-17-31-11-7-25-20(23)4-9-29-15-35-16-30-10-5-21(24)26-14-34-19-33-13-22/h22H,2-19H2,1H3. The average molecular weight is 661 g/mol. The lowest BCUT2D eigenvalue weighted by atomic mass is 10.4. The summed E-state index contributed by atoms with van der Waals surface area (Å²) in [5, 5.41) is 13.2. The molecule has 1 N–H and O–H groups in total. The Balaban J connectivity index is 3.22. The van der Waals surface area contributed by atoms with E-state index in [4.69, 9.17) is 24.4 Å². The average Bonchev–Trinajstić information content (AvgIpc) is 2.87. The number of unbranched alkanes of at least 4 members (excludes halogenated alkanes) is 1. The van der Waals surface area contributed by atoms with Gasteiger partial charge in [0.05, 0.1) is 32.0 Å². The molecule has 0 unspecified atom stereocenters. The summed E-state index contributed by atoms with van der Waals surface area (Å²) >= 11 is 13.6. The number of carbonyl (C=O) groups is 2. The SMILES string of the molecule is CCCCOOCCSCSCSCCOC(=O)CCSCSCSCCC(=O)OCSCSCO. The number of aliphatic hydroxyl groups is 1. The number of carbonyl (C=O) groups excluding carboxylic acids is 2. The summed E-state index contributed by atoms with van der Waals surface area (Å²) < 4.78 is 10.4. The third-order valence-corrected chi connectivity index (χ3v) is 12.6. The van der Waals surface area contributed by atoms with Gasteiger partial charge >= 0.3 is 11.9 Å². The van der Waals surface area contributed by atoms with Crippen molar-refractivity contribution in [2.24, 2.45) is 0 Å². The maximum Gasteiger partial charge on any atom is 0.307 e. The monoisotopic (exact) mass is 660 g/mol. The molecule has 0 fully saturated rings. The molecule has 0 aromatic heterocycles. The first-order valence-electron chi connectivity index (χ1n) is 11.5. The van der Waals surface area contributed by atoms with Gasteiger partial charge < -0.3 is 14.6 Å². The van der Waals surface area contributed by atoms with Gasteiger partial charge in [0.2, 0.25) is 0 Å². The van der Waals surface area contributed by atoms with Crippen LogP contribution in [0.1, 0.15) is 32.6 Å². The molecule has 214 valence electrons. The van der Waals surface area contributed by atoms with Gasteiger partial charge in [-0.3, -0.25) is 9.59 Å². The molecule has 0 aliphatic carbocycles. The summed E-state index contributed by atoms with van der Waals surface area (Å²) in [6.45, 7) is 3.89. The molecular weight excluding hydrogens is 621 g/mol. The summed E-state index contributed by atoms with van der Waals surface area (Å²) in [5.41, 5.74) is 0. The van der Waals surface area contributed by atoms with E-state index in [1.54, 1.807) is 47.0 Å². The van der Waals surface area contributed by atoms with Crippen molar-refractivity contribution in [1.82, 2.24) is 0 Å². The van der Waals surface area contributed by atoms with Crippen LogP contribution >= 0.6 is 94.1 Å². The molecule has 0 saturated carbocycles. The zero-order chi connectivity index (χ0) is 26.4. The van der Waals surface area contributed by atoms with Crippen molar-refractivity contribution in [2.75, 3.05) is 80.1 Å². The zero-order valence-corrected chi connectivity index (χ0v) is 27.4. The molecule has 0 aromatic carbocycles. The zero-order valence-electron chi connectivity index (χ0n) is 20.9. The van der Waals surface area contributed by atoms with E-state index in [-0.39, 0.29) is 17.9 Å². The van der Waals surface area contributed by atoms with E-state index in [9.17, 15) is 9.59 Å². The normalized spacial score (nSPS) is 11.1. The van der Waals surface area contributed by atoms with Crippen LogP contribution in [0.4, 0.5) is 0 Å². The fourth-order valence-electron chi connectivity index (χ4n) is 1.86. The summed E-state index contributed by atoms with van der Waals surface area (Å²) in [6, 6.07) is 0. The van der Waals surface area contributed by atoms with Gasteiger partial charge in [0.15, 0.2) is 0 Å². The van der Waals surface area contributed by atoms with Gasteiger partial charge in [0.1, 0.15) is 12.5 Å². The quantitative estimate of drug-likeness (QED) is 0.0326. The Morgan fingerprint density at radius 2 is 1.14 bits per heavy atom. The van der Waals surface area contributed by atoms with Gasteiger partial charge in [-0.25, -0.2) is 9.78 Å². The number of hydrogen-bond acceptors (Lipinski definition) is 15. The minimum Gasteiger partial charge on any atom is -0.465 e. The summed E-state index contributed by atoms with van der Waals surface area (Å²) in [7, 11) is 0. The van der Waals surface area contributed by atoms with Crippen LogP contribution in [0.2, 0.25) is 0 Å². The van der Waals surface area contributed by atoms with Crippen LogP contribution in [-0.2, 0) is 28.8 Å². The van der Waals surface area contributed by atoms with Gasteiger partial charge in [-0.1, -0.05) is 13.3 Å². The van der Waals surface area contributed by atoms with E-state index in [2.05, 4.69) is 6.92 Å². The molecule has 0 bridgehead atoms. The highest BCUT2D eigenvalue weighted by Crippen LogP contribution is 2.20. The van der Waals surface area contributed by atoms with E-state index < -0.39 is 0 Å². The molecule has 36 heavy (non-hydrogen) atoms. The van der Waals surface area contributed by atoms with Gasteiger partial charge in [-0.05, 0) is 6.42 Å². The van der Waals surface area contributed by atoms with Crippen molar-refractivity contribution in [3.8, 4) is 0 Å². The lowest BCUT2D eigenvalue weighted by Crippen LogP contribution is -2.08. The number of thioether (sulfide) groups is 8. The van der Waals surface area contributed by atoms with Crippen LogP contribution in [-0.4, -0.2) is 97.2 Å². The van der Waals surface area contributed by atoms with Crippen LogP contribution in [0.5, 0.6) is 0 Å². The summed E-state index contributed by atoms with van der Waals surface area (Å²) in [6.07, 6.45) is 3.00. The summed E-state index contributed by atoms with van der Waals surface area (Å²) in [5.74, 6) is 3.40. The maximum absolute atomic E-state index is 11.8. The van der Waals surface area contributed by atoms with E-state index in [0.29, 0.717) is 38.6 Å². The Bertz CT molecular complexity index is 495. The maximum atomic E-state index is 11.8. The van der Waals surface area contributed by atoms with Crippen molar-refractivity contribution in [3.63, 3.8) is 0 Å². The van der Waals surface area contributed by atoms with Gasteiger partial charge in [0, 0.05) is 48.4 Å². The van der Waals surface area contributed by atoms with Crippen LogP contribution in [0.3, 0.4) is 0 Å². The van der Waals surface area contributed by atoms with Crippen LogP contribution in [0, 0.1) is 0 Å². The molecule has 0 aliphatic rings. The topological polar surface area (TPSA) is 91.3 Å². The van der Waals surface area contributed by atoms with E-state index in [1.165, 1.54) is 23.5 Å². The number of esters is 2. The highest BCUT2D eigenvalue weighted by molar-refractivity contribution is 8.23. The Hall–Kier alpha value is 1.62. The first kappa shape index (κ1) is 37.6. The Kier molecular flexibility index (Phi) is 34.3. The first-order valence-corrected chi connectivity index (χ1v) is 20.7. The van der Waals surface area contributed by atoms with Crippen LogP contribution in [0.25, 0.3) is 0 Å². The van der Waals surface area contributed by atoms with Crippen LogP contribution < -0.4 is 0 Å². The van der Waals surface area contributed by atoms with Gasteiger partial charge in [-0.15, -0.1) is 70.6 Å². The minimum absolute atomic E-state index is 0.0876. The highest BCUT2D eigenvalue weighted by atomic mass is 32.2. The highest BCUT2D eigenvalue weighted by Gasteiger charge is 2.05. The molecule has 15 heteroatoms. The first-order chi connectivity index (χ1) is 17.7. The molecule has 0 spiro atoms. The lowest BCUT2D eigenvalue weighted by molar-refractivity contribution is -0.290. The van der Waals surface area contributed by atoms with Crippen molar-refractivity contribution in [2.45, 2.75) is 32.6 Å². The predicted octanol–water partition coefficient (Wildman–Crippen LogP) is 6.16. The van der Waals surface area contributed by atoms with Crippen molar-refractivity contribution in [3.05, 3.63) is 0 Å². The Morgan fingerprint density at radius 1 is 0.611 bits per heavy atom. The molecule has 0 saturated heterocycles. The molecule has 0 radical (unpaired) electrons. The fourth-order valence-corrected chi connectivity index (χ4v) is 9.67. The second kappa shape index (κ2) is 32.8. The molecule has 0 rings (SSSR count). The van der Waals surface area contributed by atoms with E-state index in [0.717, 1.165) is 61.3 Å². The molecule has 0 aromatic rings. The number of ether oxygens (including phenoxy) is 2. The molecular formula is C21H40O7S8. The Morgan fingerprint density at radius 3 is 1.75 bits per heavy atom. The van der Waals surface area contributed by atoms with Crippen LogP contribution in [0.15, 0.2) is 0 Å². The number of rotatable bonds is 29. The van der Waals surface area contributed by atoms with Gasteiger partial charge in [-0.2, -0.15) is 23.5 Å². The second-order valence-corrected chi connectivity index (χ2v) is 16.6. The summed E-state index contributed by atoms with van der Waals surface area (Å²) in [4.78, 5) is 33.5. The van der Waals surface area contributed by atoms with Crippen molar-refractivity contribution in [1.29, 1.82) is 0 Å². The molecule has 0 atom stereocenters. The smallest absolute Gasteiger partial charge is 0.307 e. The third-order valence-electron chi connectivity index (χ3n) is 3.60. The van der Waals surface area contributed by atoms with Crippen molar-refractivity contribution >= 4 is 106 Å². The van der Waals surface area contributed by atoms with Crippen molar-refractivity contribution < 1.29 is 33.9 Å². The van der Waals surface area contributed by atoms with E-state index in [1.807, 2.05) is 23.5 Å².